The van der Waals surface area contributed by atoms with Gasteiger partial charge in [0.25, 0.3) is 0 Å². The van der Waals surface area contributed by atoms with Crippen LogP contribution in [0.3, 0.4) is 0 Å². The second-order valence-electron chi connectivity index (χ2n) is 7.21. The molecule has 0 bridgehead atoms. The van der Waals surface area contributed by atoms with E-state index >= 15 is 0 Å². The summed E-state index contributed by atoms with van der Waals surface area (Å²) in [5, 5.41) is 24.5. The Morgan fingerprint density at radius 2 is 1.76 bits per heavy atom. The van der Waals surface area contributed by atoms with Gasteiger partial charge in [0, 0.05) is 21.4 Å². The van der Waals surface area contributed by atoms with Gasteiger partial charge in [-0.15, -0.1) is 21.6 Å². The number of thiazole rings is 2. The summed E-state index contributed by atoms with van der Waals surface area (Å²) in [5.74, 6) is 0.127. The molecule has 0 saturated carbocycles. The minimum atomic E-state index is -0.374. The van der Waals surface area contributed by atoms with Crippen LogP contribution in [-0.2, 0) is 0 Å². The lowest BCUT2D eigenvalue weighted by Crippen LogP contribution is -2.13. The normalized spacial score (nSPS) is 11.5. The molecule has 5 rings (SSSR count). The molecule has 0 atom stereocenters. The molecule has 0 amide bonds. The molecule has 0 radical (unpaired) electrons. The summed E-state index contributed by atoms with van der Waals surface area (Å²) in [7, 11) is 0. The van der Waals surface area contributed by atoms with Crippen molar-refractivity contribution in [3.63, 3.8) is 0 Å². The molecule has 3 heterocycles. The van der Waals surface area contributed by atoms with Crippen molar-refractivity contribution in [2.24, 2.45) is 10.2 Å². The average Bonchev–Trinajstić information content (AvgIpc) is 3.51. The van der Waals surface area contributed by atoms with Gasteiger partial charge in [-0.1, -0.05) is 53.8 Å². The van der Waals surface area contributed by atoms with Crippen LogP contribution < -0.4 is 5.56 Å². The number of aryl methyl sites for hydroxylation is 2. The van der Waals surface area contributed by atoms with Crippen LogP contribution in [-0.4, -0.2) is 24.9 Å². The molecule has 5 aromatic rings. The largest absolute Gasteiger partial charge is 0.507 e. The molecule has 0 unspecified atom stereocenters. The number of para-hydroxylation sites is 1. The summed E-state index contributed by atoms with van der Waals surface area (Å²) in [6.45, 7) is 3.88. The lowest BCUT2D eigenvalue weighted by Gasteiger charge is -2.00. The first-order valence-electron chi connectivity index (χ1n) is 10.0. The molecule has 0 aliphatic heterocycles. The van der Waals surface area contributed by atoms with E-state index in [1.165, 1.54) is 27.4 Å². The average molecular weight is 475 g/mol. The van der Waals surface area contributed by atoms with E-state index in [1.54, 1.807) is 23.6 Å². The highest BCUT2D eigenvalue weighted by Gasteiger charge is 2.19. The maximum absolute atomic E-state index is 13.3. The number of hydrogen-bond donors (Lipinski definition) is 2. The molecule has 164 valence electrons. The number of nitrogens with one attached hydrogen (secondary N) is 1. The Balaban J connectivity index is 1.61. The number of aromatic amines is 1. The summed E-state index contributed by atoms with van der Waals surface area (Å²) >= 11 is 2.71. The molecule has 0 aliphatic carbocycles. The molecular weight excluding hydrogens is 456 g/mol. The SMILES string of the molecule is Cc1nc(N=Nc2c(-c3ccccc3)[nH]n(-c3nc(-c4ccccc4O)cs3)c2=O)sc1C. The van der Waals surface area contributed by atoms with Crippen molar-refractivity contribution in [2.45, 2.75) is 13.8 Å². The smallest absolute Gasteiger partial charge is 0.301 e. The number of hydrogen-bond acceptors (Lipinski definition) is 8. The number of phenolic OH excluding ortho intramolecular Hbond substituents is 1. The van der Waals surface area contributed by atoms with Gasteiger partial charge in [-0.05, 0) is 26.0 Å². The predicted molar refractivity (Wildman–Crippen MR) is 130 cm³/mol. The molecule has 0 spiro atoms. The predicted octanol–water partition coefficient (Wildman–Crippen LogP) is 6.15. The van der Waals surface area contributed by atoms with Crippen molar-refractivity contribution >= 4 is 33.5 Å². The van der Waals surface area contributed by atoms with Gasteiger partial charge in [-0.25, -0.2) is 9.97 Å². The third-order valence-electron chi connectivity index (χ3n) is 5.04. The van der Waals surface area contributed by atoms with Gasteiger partial charge < -0.3 is 5.11 Å². The lowest BCUT2D eigenvalue weighted by atomic mass is 10.1. The molecule has 0 fully saturated rings. The Morgan fingerprint density at radius 1 is 1.00 bits per heavy atom. The van der Waals surface area contributed by atoms with Crippen LogP contribution in [0.25, 0.3) is 27.6 Å². The third kappa shape index (κ3) is 4.01. The second-order valence-corrected chi connectivity index (χ2v) is 9.23. The summed E-state index contributed by atoms with van der Waals surface area (Å²) in [6, 6.07) is 16.4. The topological polar surface area (TPSA) is 109 Å². The van der Waals surface area contributed by atoms with Crippen LogP contribution in [0.5, 0.6) is 5.75 Å². The Hall–Kier alpha value is -3.89. The monoisotopic (exact) mass is 474 g/mol. The summed E-state index contributed by atoms with van der Waals surface area (Å²) in [5.41, 5.74) is 3.19. The first kappa shape index (κ1) is 21.0. The number of H-pyrrole nitrogens is 1. The standard InChI is InChI=1S/C23H18N6O2S2/c1-13-14(2)33-22(24-13)27-26-20-19(15-8-4-3-5-9-15)28-29(21(20)31)23-25-17(12-32-23)16-10-6-7-11-18(16)30/h3-12,28,30H,1-2H3. The van der Waals surface area contributed by atoms with E-state index in [4.69, 9.17) is 0 Å². The fourth-order valence-corrected chi connectivity index (χ4v) is 4.75. The van der Waals surface area contributed by atoms with Gasteiger partial charge in [-0.2, -0.15) is 4.68 Å². The van der Waals surface area contributed by atoms with Gasteiger partial charge in [0.15, 0.2) is 5.69 Å². The first-order chi connectivity index (χ1) is 16.0. The van der Waals surface area contributed by atoms with E-state index in [9.17, 15) is 9.90 Å². The third-order valence-corrected chi connectivity index (χ3v) is 6.83. The minimum absolute atomic E-state index is 0.127. The van der Waals surface area contributed by atoms with Crippen LogP contribution in [0.15, 0.2) is 75.0 Å². The van der Waals surface area contributed by atoms with Crippen LogP contribution in [0.2, 0.25) is 0 Å². The van der Waals surface area contributed by atoms with Crippen LogP contribution in [0.4, 0.5) is 10.8 Å². The second kappa shape index (κ2) is 8.57. The fourth-order valence-electron chi connectivity index (χ4n) is 3.23. The summed E-state index contributed by atoms with van der Waals surface area (Å²) < 4.78 is 1.35. The Kier molecular flexibility index (Phi) is 5.45. The zero-order valence-corrected chi connectivity index (χ0v) is 19.3. The van der Waals surface area contributed by atoms with Crippen LogP contribution >= 0.6 is 22.7 Å². The number of aromatic hydroxyl groups is 1. The Bertz CT molecular complexity index is 1510. The van der Waals surface area contributed by atoms with Crippen LogP contribution in [0, 0.1) is 13.8 Å². The summed E-state index contributed by atoms with van der Waals surface area (Å²) in [4.78, 5) is 23.3. The molecule has 10 heteroatoms. The zero-order chi connectivity index (χ0) is 22.9. The van der Waals surface area contributed by atoms with E-state index in [1.807, 2.05) is 50.2 Å². The van der Waals surface area contributed by atoms with Crippen molar-refractivity contribution in [2.75, 3.05) is 0 Å². The Labute approximate surface area is 196 Å². The van der Waals surface area contributed by atoms with Gasteiger partial charge in [0.2, 0.25) is 10.3 Å². The molecule has 8 nitrogen and oxygen atoms in total. The van der Waals surface area contributed by atoms with Crippen LogP contribution in [0.1, 0.15) is 10.6 Å². The van der Waals surface area contributed by atoms with E-state index < -0.39 is 0 Å². The molecule has 0 aliphatic rings. The highest BCUT2D eigenvalue weighted by molar-refractivity contribution is 7.15. The highest BCUT2D eigenvalue weighted by Crippen LogP contribution is 2.33. The molecule has 2 N–H and O–H groups in total. The maximum Gasteiger partial charge on any atom is 0.301 e. The number of rotatable bonds is 5. The van der Waals surface area contributed by atoms with Crippen molar-refractivity contribution in [3.05, 3.63) is 80.9 Å². The first-order valence-corrected chi connectivity index (χ1v) is 11.7. The quantitative estimate of drug-likeness (QED) is 0.298. The molecule has 0 saturated heterocycles. The van der Waals surface area contributed by atoms with E-state index in [2.05, 4.69) is 25.3 Å². The summed E-state index contributed by atoms with van der Waals surface area (Å²) in [6.07, 6.45) is 0. The minimum Gasteiger partial charge on any atom is -0.507 e. The molecule has 2 aromatic carbocycles. The van der Waals surface area contributed by atoms with Crippen molar-refractivity contribution in [1.82, 2.24) is 19.7 Å². The molecule has 3 aromatic heterocycles. The van der Waals surface area contributed by atoms with Gasteiger partial charge in [0.1, 0.15) is 5.75 Å². The van der Waals surface area contributed by atoms with Crippen molar-refractivity contribution in [3.8, 4) is 33.4 Å². The van der Waals surface area contributed by atoms with Gasteiger partial charge in [0.05, 0.1) is 17.1 Å². The number of aromatic nitrogens is 4. The van der Waals surface area contributed by atoms with E-state index in [0.29, 0.717) is 27.2 Å². The Morgan fingerprint density at radius 3 is 2.48 bits per heavy atom. The number of nitrogens with zero attached hydrogens (tertiary/aromatic N) is 5. The number of azo groups is 1. The highest BCUT2D eigenvalue weighted by atomic mass is 32.1. The van der Waals surface area contributed by atoms with Gasteiger partial charge >= 0.3 is 5.56 Å². The molecular formula is C23H18N6O2S2. The zero-order valence-electron chi connectivity index (χ0n) is 17.7. The fraction of sp³-hybridized carbons (Fsp3) is 0.0870. The van der Waals surface area contributed by atoms with Crippen molar-refractivity contribution in [1.29, 1.82) is 0 Å². The number of phenols is 1. The van der Waals surface area contributed by atoms with Gasteiger partial charge in [-0.3, -0.25) is 9.89 Å². The number of benzene rings is 2. The maximum atomic E-state index is 13.3. The van der Waals surface area contributed by atoms with Crippen molar-refractivity contribution < 1.29 is 5.11 Å². The molecule has 33 heavy (non-hydrogen) atoms. The lowest BCUT2D eigenvalue weighted by molar-refractivity contribution is 0.477. The van der Waals surface area contributed by atoms with E-state index in [-0.39, 0.29) is 17.0 Å². The van der Waals surface area contributed by atoms with E-state index in [0.717, 1.165) is 16.1 Å².